The molecule has 0 saturated carbocycles. The van der Waals surface area contributed by atoms with Crippen molar-refractivity contribution in [2.45, 2.75) is 103 Å². The van der Waals surface area contributed by atoms with Crippen molar-refractivity contribution in [2.24, 2.45) is 0 Å². The van der Waals surface area contributed by atoms with Crippen LogP contribution in [-0.4, -0.2) is 77.3 Å². The van der Waals surface area contributed by atoms with E-state index in [0.717, 1.165) is 64.1 Å². The lowest BCUT2D eigenvalue weighted by Gasteiger charge is -2.39. The van der Waals surface area contributed by atoms with Crippen molar-refractivity contribution in [3.63, 3.8) is 0 Å². The van der Waals surface area contributed by atoms with Gasteiger partial charge in [-0.05, 0) is 91.2 Å². The van der Waals surface area contributed by atoms with E-state index in [9.17, 15) is 4.79 Å². The maximum atomic E-state index is 12.3. The molecule has 1 amide bonds. The van der Waals surface area contributed by atoms with Crippen molar-refractivity contribution in [1.29, 1.82) is 0 Å². The maximum absolute atomic E-state index is 12.3. The molecule has 0 radical (unpaired) electrons. The van der Waals surface area contributed by atoms with Crippen molar-refractivity contribution in [3.8, 4) is 0 Å². The lowest BCUT2D eigenvalue weighted by atomic mass is 9.79. The first-order chi connectivity index (χ1) is 17.1. The summed E-state index contributed by atoms with van der Waals surface area (Å²) in [6, 6.07) is 0. The van der Waals surface area contributed by atoms with Gasteiger partial charge in [0.25, 0.3) is 0 Å². The molecule has 1 spiro atoms. The maximum Gasteiger partial charge on any atom is 0.410 e. The lowest BCUT2D eigenvalue weighted by molar-refractivity contribution is -0.0823. The summed E-state index contributed by atoms with van der Waals surface area (Å²) in [5.74, 6) is 0. The Kier molecular flexibility index (Phi) is 8.79. The molecule has 0 N–H and O–H groups in total. The lowest BCUT2D eigenvalue weighted by Crippen LogP contribution is -2.38. The standard InChI is InChI=1S/C28H46N4O4/c1-27(2,3)36-26(33)31(5)17-16-30(4)20-23-21-32(24-10-6-8-18-34-24)29-25(23)22-11-14-28(15-12-22)13-7-9-19-35-28/h11,21,24H,6-10,12-20H2,1-5H3. The third kappa shape index (κ3) is 7.11. The Balaban J connectivity index is 1.44. The molecule has 202 valence electrons. The number of hydrogen-bond acceptors (Lipinski definition) is 6. The number of allylic oxidation sites excluding steroid dienone is 1. The Morgan fingerprint density at radius 3 is 2.61 bits per heavy atom. The average molecular weight is 503 g/mol. The number of ether oxygens (including phenoxy) is 3. The summed E-state index contributed by atoms with van der Waals surface area (Å²) in [4.78, 5) is 16.2. The second kappa shape index (κ2) is 11.7. The molecule has 0 aromatic carbocycles. The molecule has 2 atom stereocenters. The molecule has 2 unspecified atom stereocenters. The molecule has 1 aliphatic carbocycles. The highest BCUT2D eigenvalue weighted by Crippen LogP contribution is 2.41. The molecule has 36 heavy (non-hydrogen) atoms. The van der Waals surface area contributed by atoms with Crippen molar-refractivity contribution < 1.29 is 19.0 Å². The molecule has 1 aromatic heterocycles. The average Bonchev–Trinajstić information content (AvgIpc) is 3.26. The van der Waals surface area contributed by atoms with Gasteiger partial charge in [0.05, 0.1) is 11.3 Å². The summed E-state index contributed by atoms with van der Waals surface area (Å²) in [6.07, 6.45) is 14.3. The minimum Gasteiger partial charge on any atom is -0.444 e. The van der Waals surface area contributed by atoms with E-state index in [1.807, 2.05) is 25.5 Å². The van der Waals surface area contributed by atoms with E-state index in [1.165, 1.54) is 36.8 Å². The molecule has 8 heteroatoms. The number of amides is 1. The second-order valence-electron chi connectivity index (χ2n) is 11.9. The van der Waals surface area contributed by atoms with Gasteiger partial charge in [0.1, 0.15) is 11.8 Å². The van der Waals surface area contributed by atoms with Gasteiger partial charge >= 0.3 is 6.09 Å². The molecule has 8 nitrogen and oxygen atoms in total. The monoisotopic (exact) mass is 502 g/mol. The van der Waals surface area contributed by atoms with E-state index in [-0.39, 0.29) is 17.9 Å². The zero-order valence-corrected chi connectivity index (χ0v) is 23.1. The normalized spacial score (nSPS) is 25.2. The molecule has 1 aromatic rings. The van der Waals surface area contributed by atoms with E-state index in [0.29, 0.717) is 6.54 Å². The summed E-state index contributed by atoms with van der Waals surface area (Å²) in [5.41, 5.74) is 3.20. The highest BCUT2D eigenvalue weighted by molar-refractivity contribution is 5.67. The fraction of sp³-hybridized carbons (Fsp3) is 0.786. The van der Waals surface area contributed by atoms with Crippen LogP contribution in [0.5, 0.6) is 0 Å². The Bertz CT molecular complexity index is 907. The van der Waals surface area contributed by atoms with Gasteiger partial charge in [-0.1, -0.05) is 6.08 Å². The van der Waals surface area contributed by atoms with Gasteiger partial charge < -0.3 is 24.0 Å². The Hall–Kier alpha value is -1.90. The molecule has 2 saturated heterocycles. The first-order valence-electron chi connectivity index (χ1n) is 13.8. The minimum atomic E-state index is -0.489. The Morgan fingerprint density at radius 2 is 1.97 bits per heavy atom. The Morgan fingerprint density at radius 1 is 1.17 bits per heavy atom. The number of nitrogens with zero attached hydrogens (tertiary/aromatic N) is 4. The summed E-state index contributed by atoms with van der Waals surface area (Å²) >= 11 is 0. The van der Waals surface area contributed by atoms with Crippen LogP contribution < -0.4 is 0 Å². The predicted octanol–water partition coefficient (Wildman–Crippen LogP) is 5.39. The fourth-order valence-corrected chi connectivity index (χ4v) is 5.38. The van der Waals surface area contributed by atoms with E-state index in [1.54, 1.807) is 11.9 Å². The van der Waals surface area contributed by atoms with Crippen LogP contribution in [0.15, 0.2) is 12.3 Å². The summed E-state index contributed by atoms with van der Waals surface area (Å²) in [7, 11) is 3.89. The van der Waals surface area contributed by atoms with E-state index in [4.69, 9.17) is 19.3 Å². The fourth-order valence-electron chi connectivity index (χ4n) is 5.38. The summed E-state index contributed by atoms with van der Waals surface area (Å²) in [5, 5.41) is 5.08. The van der Waals surface area contributed by atoms with Crippen LogP contribution in [0.3, 0.4) is 0 Å². The molecule has 4 rings (SSSR count). The largest absolute Gasteiger partial charge is 0.444 e. The quantitative estimate of drug-likeness (QED) is 0.498. The SMILES string of the molecule is CN(CCN(C)C(=O)OC(C)(C)C)Cc1cn(C2CCCCO2)nc1C1=CCC2(CCCCO2)CC1. The van der Waals surface area contributed by atoms with Gasteiger partial charge in [0.15, 0.2) is 0 Å². The smallest absolute Gasteiger partial charge is 0.410 e. The van der Waals surface area contributed by atoms with Crippen molar-refractivity contribution in [1.82, 2.24) is 19.6 Å². The van der Waals surface area contributed by atoms with Crippen LogP contribution in [0.1, 0.15) is 96.0 Å². The highest BCUT2D eigenvalue weighted by atomic mass is 16.6. The number of rotatable bonds is 7. The number of aromatic nitrogens is 2. The highest BCUT2D eigenvalue weighted by Gasteiger charge is 2.35. The van der Waals surface area contributed by atoms with Gasteiger partial charge in [-0.25, -0.2) is 9.48 Å². The van der Waals surface area contributed by atoms with Gasteiger partial charge in [-0.3, -0.25) is 0 Å². The van der Waals surface area contributed by atoms with Crippen LogP contribution >= 0.6 is 0 Å². The first kappa shape index (κ1) is 27.1. The zero-order valence-electron chi connectivity index (χ0n) is 23.1. The van der Waals surface area contributed by atoms with Crippen LogP contribution in [0.4, 0.5) is 4.79 Å². The molecule has 2 aliphatic heterocycles. The van der Waals surface area contributed by atoms with Crippen molar-refractivity contribution in [3.05, 3.63) is 23.5 Å². The summed E-state index contributed by atoms with van der Waals surface area (Å²) < 4.78 is 19.8. The topological polar surface area (TPSA) is 69.1 Å². The molecule has 0 bridgehead atoms. The third-order valence-corrected chi connectivity index (χ3v) is 7.53. The Labute approximate surface area is 216 Å². The first-order valence-corrected chi connectivity index (χ1v) is 13.8. The van der Waals surface area contributed by atoms with Gasteiger partial charge in [0.2, 0.25) is 0 Å². The van der Waals surface area contributed by atoms with Crippen molar-refractivity contribution >= 4 is 11.7 Å². The minimum absolute atomic E-state index is 0.0204. The van der Waals surface area contributed by atoms with Gasteiger partial charge in [-0.2, -0.15) is 5.10 Å². The number of carbonyl (C=O) groups is 1. The van der Waals surface area contributed by atoms with E-state index >= 15 is 0 Å². The predicted molar refractivity (Wildman–Crippen MR) is 141 cm³/mol. The van der Waals surface area contributed by atoms with Gasteiger partial charge in [-0.15, -0.1) is 0 Å². The molecule has 3 aliphatic rings. The number of hydrogen-bond donors (Lipinski definition) is 0. The van der Waals surface area contributed by atoms with Crippen molar-refractivity contribution in [2.75, 3.05) is 40.4 Å². The van der Waals surface area contributed by atoms with Gasteiger partial charge in [0, 0.05) is 51.7 Å². The van der Waals surface area contributed by atoms with Crippen LogP contribution in [0.2, 0.25) is 0 Å². The van der Waals surface area contributed by atoms with Crippen LogP contribution in [-0.2, 0) is 20.8 Å². The number of carbonyl (C=O) groups excluding carboxylic acids is 1. The number of likely N-dealkylation sites (N-methyl/N-ethyl adjacent to an activating group) is 2. The summed E-state index contributed by atoms with van der Waals surface area (Å²) in [6.45, 7) is 9.48. The molecular weight excluding hydrogens is 456 g/mol. The second-order valence-corrected chi connectivity index (χ2v) is 11.9. The van der Waals surface area contributed by atoms with Crippen LogP contribution in [0.25, 0.3) is 5.57 Å². The van der Waals surface area contributed by atoms with E-state index in [2.05, 4.69) is 24.2 Å². The molecule has 2 fully saturated rings. The molecular formula is C28H46N4O4. The molecule has 3 heterocycles. The van der Waals surface area contributed by atoms with Crippen LogP contribution in [0, 0.1) is 0 Å². The van der Waals surface area contributed by atoms with E-state index < -0.39 is 5.60 Å². The zero-order chi connectivity index (χ0) is 25.8. The third-order valence-electron chi connectivity index (χ3n) is 7.53.